The van der Waals surface area contributed by atoms with Crippen molar-refractivity contribution in [1.82, 2.24) is 5.32 Å². The van der Waals surface area contributed by atoms with Crippen LogP contribution in [0.3, 0.4) is 0 Å². The largest absolute Gasteiger partial charge is 0.352 e. The highest BCUT2D eigenvalue weighted by molar-refractivity contribution is 9.11. The Hall–Kier alpha value is -1.66. The van der Waals surface area contributed by atoms with Gasteiger partial charge in [0.15, 0.2) is 0 Å². The van der Waals surface area contributed by atoms with Crippen LogP contribution in [-0.2, 0) is 0 Å². The third-order valence-electron chi connectivity index (χ3n) is 2.52. The molecule has 1 aromatic heterocycles. The van der Waals surface area contributed by atoms with E-state index in [9.17, 15) is 9.59 Å². The van der Waals surface area contributed by atoms with Gasteiger partial charge in [-0.15, -0.1) is 11.3 Å². The lowest BCUT2D eigenvalue weighted by Gasteiger charge is -2.06. The minimum absolute atomic E-state index is 0.150. The Morgan fingerprint density at radius 1 is 1.20 bits per heavy atom. The van der Waals surface area contributed by atoms with Crippen LogP contribution >= 0.6 is 27.3 Å². The molecule has 0 radical (unpaired) electrons. The van der Waals surface area contributed by atoms with Crippen molar-refractivity contribution in [2.75, 3.05) is 11.9 Å². The second-order valence-corrected chi connectivity index (χ2v) is 6.46. The van der Waals surface area contributed by atoms with E-state index in [0.717, 1.165) is 3.79 Å². The highest BCUT2D eigenvalue weighted by Crippen LogP contribution is 2.23. The molecule has 0 saturated heterocycles. The summed E-state index contributed by atoms with van der Waals surface area (Å²) < 4.78 is 0.902. The molecule has 0 unspecified atom stereocenters. The maximum absolute atomic E-state index is 12.0. The van der Waals surface area contributed by atoms with Gasteiger partial charge in [0.1, 0.15) is 0 Å². The second kappa shape index (κ2) is 6.67. The first-order valence-corrected chi connectivity index (χ1v) is 7.66. The molecular formula is C14H13BrN2O2S. The number of halogens is 1. The van der Waals surface area contributed by atoms with E-state index in [4.69, 9.17) is 0 Å². The van der Waals surface area contributed by atoms with Crippen molar-refractivity contribution < 1.29 is 9.59 Å². The lowest BCUT2D eigenvalue weighted by atomic mass is 10.2. The van der Waals surface area contributed by atoms with Crippen LogP contribution in [0.15, 0.2) is 40.2 Å². The summed E-state index contributed by atoms with van der Waals surface area (Å²) in [5.74, 6) is -0.337. The van der Waals surface area contributed by atoms with Crippen molar-refractivity contribution in [2.24, 2.45) is 0 Å². The molecule has 1 heterocycles. The average molecular weight is 353 g/mol. The molecule has 104 valence electrons. The number of hydrogen-bond acceptors (Lipinski definition) is 3. The third-order valence-corrected chi connectivity index (χ3v) is 4.14. The molecule has 2 aromatic rings. The number of carbonyl (C=O) groups excluding carboxylic acids is 2. The summed E-state index contributed by atoms with van der Waals surface area (Å²) in [5, 5.41) is 5.50. The van der Waals surface area contributed by atoms with Gasteiger partial charge in [0.05, 0.1) is 8.66 Å². The van der Waals surface area contributed by atoms with E-state index in [0.29, 0.717) is 22.7 Å². The van der Waals surface area contributed by atoms with Crippen LogP contribution in [0.5, 0.6) is 0 Å². The molecule has 0 atom stereocenters. The summed E-state index contributed by atoms with van der Waals surface area (Å²) in [7, 11) is 0. The zero-order valence-electron chi connectivity index (χ0n) is 10.8. The molecule has 0 aliphatic carbocycles. The van der Waals surface area contributed by atoms with Crippen LogP contribution in [0.1, 0.15) is 27.0 Å². The number of rotatable bonds is 4. The third kappa shape index (κ3) is 3.68. The minimum atomic E-state index is -0.186. The van der Waals surface area contributed by atoms with Crippen molar-refractivity contribution >= 4 is 44.8 Å². The maximum Gasteiger partial charge on any atom is 0.265 e. The SMILES string of the molecule is CCNC(=O)c1cccc(NC(=O)c2ccc(Br)s2)c1. The summed E-state index contributed by atoms with van der Waals surface area (Å²) in [6, 6.07) is 10.4. The van der Waals surface area contributed by atoms with Crippen molar-refractivity contribution in [3.8, 4) is 0 Å². The van der Waals surface area contributed by atoms with Crippen molar-refractivity contribution in [1.29, 1.82) is 0 Å². The first-order chi connectivity index (χ1) is 9.60. The van der Waals surface area contributed by atoms with Crippen LogP contribution in [-0.4, -0.2) is 18.4 Å². The molecule has 0 aliphatic rings. The van der Waals surface area contributed by atoms with Crippen LogP contribution in [0.25, 0.3) is 0 Å². The van der Waals surface area contributed by atoms with E-state index in [1.54, 1.807) is 30.3 Å². The molecule has 0 saturated carbocycles. The Morgan fingerprint density at radius 2 is 2.00 bits per heavy atom. The number of thiophene rings is 1. The quantitative estimate of drug-likeness (QED) is 0.884. The first kappa shape index (κ1) is 14.7. The number of hydrogen-bond donors (Lipinski definition) is 2. The van der Waals surface area contributed by atoms with Crippen molar-refractivity contribution in [3.63, 3.8) is 0 Å². The number of amides is 2. The monoisotopic (exact) mass is 352 g/mol. The van der Waals surface area contributed by atoms with Gasteiger partial charge in [-0.3, -0.25) is 9.59 Å². The fraction of sp³-hybridized carbons (Fsp3) is 0.143. The molecule has 4 nitrogen and oxygen atoms in total. The second-order valence-electron chi connectivity index (χ2n) is 4.00. The lowest BCUT2D eigenvalue weighted by Crippen LogP contribution is -2.22. The predicted molar refractivity (Wildman–Crippen MR) is 84.4 cm³/mol. The van der Waals surface area contributed by atoms with Gasteiger partial charge in [0.25, 0.3) is 11.8 Å². The Morgan fingerprint density at radius 3 is 2.65 bits per heavy atom. The molecular weight excluding hydrogens is 340 g/mol. The summed E-state index contributed by atoms with van der Waals surface area (Å²) in [4.78, 5) is 24.4. The van der Waals surface area contributed by atoms with Gasteiger partial charge >= 0.3 is 0 Å². The van der Waals surface area contributed by atoms with E-state index in [2.05, 4.69) is 26.6 Å². The fourth-order valence-electron chi connectivity index (χ4n) is 1.63. The maximum atomic E-state index is 12.0. The van der Waals surface area contributed by atoms with E-state index < -0.39 is 0 Å². The average Bonchev–Trinajstić information content (AvgIpc) is 2.86. The molecule has 2 rings (SSSR count). The molecule has 2 N–H and O–H groups in total. The van der Waals surface area contributed by atoms with Gasteiger partial charge in [0, 0.05) is 17.8 Å². The normalized spacial score (nSPS) is 10.1. The Bertz CT molecular complexity index is 640. The van der Waals surface area contributed by atoms with Gasteiger partial charge in [-0.05, 0) is 53.2 Å². The molecule has 0 bridgehead atoms. The molecule has 2 amide bonds. The van der Waals surface area contributed by atoms with E-state index in [-0.39, 0.29) is 11.8 Å². The number of benzene rings is 1. The number of carbonyl (C=O) groups is 2. The lowest BCUT2D eigenvalue weighted by molar-refractivity contribution is 0.0954. The topological polar surface area (TPSA) is 58.2 Å². The first-order valence-electron chi connectivity index (χ1n) is 6.05. The summed E-state index contributed by atoms with van der Waals surface area (Å²) in [6.07, 6.45) is 0. The molecule has 0 fully saturated rings. The molecule has 0 aliphatic heterocycles. The summed E-state index contributed by atoms with van der Waals surface area (Å²) >= 11 is 4.68. The molecule has 20 heavy (non-hydrogen) atoms. The zero-order valence-corrected chi connectivity index (χ0v) is 13.2. The fourth-order valence-corrected chi connectivity index (χ4v) is 2.91. The minimum Gasteiger partial charge on any atom is -0.352 e. The van der Waals surface area contributed by atoms with Crippen LogP contribution in [0, 0.1) is 0 Å². The van der Waals surface area contributed by atoms with Crippen molar-refractivity contribution in [2.45, 2.75) is 6.92 Å². The highest BCUT2D eigenvalue weighted by Gasteiger charge is 2.10. The molecule has 1 aromatic carbocycles. The van der Waals surface area contributed by atoms with Gasteiger partial charge in [0.2, 0.25) is 0 Å². The van der Waals surface area contributed by atoms with Gasteiger partial charge in [-0.1, -0.05) is 6.07 Å². The Balaban J connectivity index is 2.12. The molecule has 0 spiro atoms. The van der Waals surface area contributed by atoms with Crippen LogP contribution < -0.4 is 10.6 Å². The zero-order chi connectivity index (χ0) is 14.5. The standard InChI is InChI=1S/C14H13BrN2O2S/c1-2-16-13(18)9-4-3-5-10(8-9)17-14(19)11-6-7-12(15)20-11/h3-8H,2H2,1H3,(H,16,18)(H,17,19). The number of nitrogens with one attached hydrogen (secondary N) is 2. The highest BCUT2D eigenvalue weighted by atomic mass is 79.9. The molecule has 6 heteroatoms. The van der Waals surface area contributed by atoms with E-state index in [1.165, 1.54) is 11.3 Å². The Kier molecular flexibility index (Phi) is 4.92. The van der Waals surface area contributed by atoms with E-state index in [1.807, 2.05) is 13.0 Å². The summed E-state index contributed by atoms with van der Waals surface area (Å²) in [5.41, 5.74) is 1.13. The van der Waals surface area contributed by atoms with Crippen LogP contribution in [0.4, 0.5) is 5.69 Å². The van der Waals surface area contributed by atoms with Gasteiger partial charge in [-0.2, -0.15) is 0 Å². The van der Waals surface area contributed by atoms with Crippen LogP contribution in [0.2, 0.25) is 0 Å². The summed E-state index contributed by atoms with van der Waals surface area (Å²) in [6.45, 7) is 2.43. The number of anilines is 1. The van der Waals surface area contributed by atoms with E-state index >= 15 is 0 Å². The van der Waals surface area contributed by atoms with Crippen molar-refractivity contribution in [3.05, 3.63) is 50.6 Å². The predicted octanol–water partition coefficient (Wildman–Crippen LogP) is 3.51. The van der Waals surface area contributed by atoms with Gasteiger partial charge in [-0.25, -0.2) is 0 Å². The smallest absolute Gasteiger partial charge is 0.265 e. The van der Waals surface area contributed by atoms with Gasteiger partial charge < -0.3 is 10.6 Å². The Labute approximate surface area is 129 Å².